The van der Waals surface area contributed by atoms with Crippen molar-refractivity contribution in [3.8, 4) is 0 Å². The van der Waals surface area contributed by atoms with Crippen molar-refractivity contribution < 1.29 is 20.1 Å². The average molecular weight is 162 g/mol. The Kier molecular flexibility index (Phi) is 3.26. The molecular formula is C7H14O4. The molecule has 0 amide bonds. The first-order chi connectivity index (χ1) is 5.26. The van der Waals surface area contributed by atoms with Gasteiger partial charge in [-0.2, -0.15) is 0 Å². The third-order valence-electron chi connectivity index (χ3n) is 1.94. The summed E-state index contributed by atoms with van der Waals surface area (Å²) < 4.78 is 4.96. The van der Waals surface area contributed by atoms with Gasteiger partial charge in [-0.25, -0.2) is 0 Å². The zero-order chi connectivity index (χ0) is 8.27. The van der Waals surface area contributed by atoms with Crippen molar-refractivity contribution in [1.82, 2.24) is 0 Å². The fourth-order valence-corrected chi connectivity index (χ4v) is 1.35. The van der Waals surface area contributed by atoms with Crippen LogP contribution in [0.25, 0.3) is 0 Å². The van der Waals surface area contributed by atoms with Gasteiger partial charge in [-0.3, -0.25) is 0 Å². The quantitative estimate of drug-likeness (QED) is 0.491. The number of aliphatic hydroxyl groups excluding tert-OH is 3. The van der Waals surface area contributed by atoms with E-state index in [0.717, 1.165) is 0 Å². The van der Waals surface area contributed by atoms with E-state index in [9.17, 15) is 0 Å². The Labute approximate surface area is 65.4 Å². The minimum Gasteiger partial charge on any atom is -0.396 e. The molecular weight excluding hydrogens is 148 g/mol. The van der Waals surface area contributed by atoms with Crippen LogP contribution in [0.3, 0.4) is 0 Å². The van der Waals surface area contributed by atoms with E-state index >= 15 is 0 Å². The van der Waals surface area contributed by atoms with Gasteiger partial charge in [0.15, 0.2) is 6.29 Å². The van der Waals surface area contributed by atoms with Gasteiger partial charge in [-0.1, -0.05) is 0 Å². The van der Waals surface area contributed by atoms with Crippen LogP contribution < -0.4 is 0 Å². The zero-order valence-corrected chi connectivity index (χ0v) is 6.31. The Hall–Kier alpha value is -0.160. The lowest BCUT2D eigenvalue weighted by atomic mass is 9.96. The first kappa shape index (κ1) is 8.93. The predicted octanol–water partition coefficient (Wildman–Crippen LogP) is -0.915. The highest BCUT2D eigenvalue weighted by Gasteiger charge is 2.26. The average Bonchev–Trinajstić information content (AvgIpc) is 2.03. The third-order valence-corrected chi connectivity index (χ3v) is 1.94. The molecule has 11 heavy (non-hydrogen) atoms. The minimum absolute atomic E-state index is 0.0525. The summed E-state index contributed by atoms with van der Waals surface area (Å²) in [5.74, 6) is 0.0656. The number of rotatable bonds is 2. The SMILES string of the molecule is OC[C@H]1C[C@@H](CO)O[C@@H](O)C1. The fourth-order valence-electron chi connectivity index (χ4n) is 1.35. The molecule has 1 saturated heterocycles. The van der Waals surface area contributed by atoms with E-state index in [2.05, 4.69) is 0 Å². The molecule has 66 valence electrons. The first-order valence-corrected chi connectivity index (χ1v) is 3.81. The van der Waals surface area contributed by atoms with Crippen LogP contribution in [0.4, 0.5) is 0 Å². The molecule has 0 saturated carbocycles. The second-order valence-electron chi connectivity index (χ2n) is 2.92. The monoisotopic (exact) mass is 162 g/mol. The molecule has 0 aromatic carbocycles. The maximum Gasteiger partial charge on any atom is 0.155 e. The number of hydrogen-bond acceptors (Lipinski definition) is 4. The molecule has 1 fully saturated rings. The van der Waals surface area contributed by atoms with Crippen molar-refractivity contribution in [1.29, 1.82) is 0 Å². The second kappa shape index (κ2) is 4.01. The maximum atomic E-state index is 9.07. The van der Waals surface area contributed by atoms with Gasteiger partial charge in [0, 0.05) is 13.0 Å². The smallest absolute Gasteiger partial charge is 0.155 e. The van der Waals surface area contributed by atoms with Crippen molar-refractivity contribution >= 4 is 0 Å². The molecule has 1 aliphatic heterocycles. The number of aliphatic hydroxyl groups is 3. The lowest BCUT2D eigenvalue weighted by Crippen LogP contribution is -2.36. The summed E-state index contributed by atoms with van der Waals surface area (Å²) in [7, 11) is 0. The number of hydrogen-bond donors (Lipinski definition) is 3. The summed E-state index contributed by atoms with van der Waals surface area (Å²) in [6.07, 6.45) is -0.0363. The molecule has 3 N–H and O–H groups in total. The molecule has 4 nitrogen and oxygen atoms in total. The van der Waals surface area contributed by atoms with Gasteiger partial charge >= 0.3 is 0 Å². The highest BCUT2D eigenvalue weighted by molar-refractivity contribution is 4.71. The van der Waals surface area contributed by atoms with E-state index in [1.54, 1.807) is 0 Å². The summed E-state index contributed by atoms with van der Waals surface area (Å²) in [5, 5.41) is 26.5. The standard InChI is InChI=1S/C7H14O4/c8-3-5-1-6(4-9)11-7(10)2-5/h5-10H,1-4H2/t5-,6-,7+/m0/s1. The molecule has 1 aliphatic rings. The Morgan fingerprint density at radius 1 is 1.18 bits per heavy atom. The Morgan fingerprint density at radius 3 is 2.45 bits per heavy atom. The number of ether oxygens (including phenoxy) is 1. The fraction of sp³-hybridized carbons (Fsp3) is 1.00. The van der Waals surface area contributed by atoms with Gasteiger partial charge < -0.3 is 20.1 Å². The highest BCUT2D eigenvalue weighted by atomic mass is 16.6. The summed E-state index contributed by atoms with van der Waals surface area (Å²) in [5.41, 5.74) is 0. The van der Waals surface area contributed by atoms with Crippen molar-refractivity contribution in [3.63, 3.8) is 0 Å². The first-order valence-electron chi connectivity index (χ1n) is 3.81. The molecule has 3 atom stereocenters. The normalized spacial score (nSPS) is 39.0. The van der Waals surface area contributed by atoms with Crippen molar-refractivity contribution in [2.45, 2.75) is 25.2 Å². The van der Waals surface area contributed by atoms with E-state index < -0.39 is 6.29 Å². The van der Waals surface area contributed by atoms with E-state index in [0.29, 0.717) is 12.8 Å². The van der Waals surface area contributed by atoms with Gasteiger partial charge in [0.2, 0.25) is 0 Å². The van der Waals surface area contributed by atoms with Crippen LogP contribution in [-0.4, -0.2) is 40.9 Å². The Bertz CT molecular complexity index is 105. The van der Waals surface area contributed by atoms with Crippen LogP contribution >= 0.6 is 0 Å². The largest absolute Gasteiger partial charge is 0.396 e. The summed E-state index contributed by atoms with van der Waals surface area (Å²) in [6.45, 7) is -0.0372. The minimum atomic E-state index is -0.821. The Morgan fingerprint density at radius 2 is 1.91 bits per heavy atom. The summed E-state index contributed by atoms with van der Waals surface area (Å²) in [6, 6.07) is 0. The lowest BCUT2D eigenvalue weighted by molar-refractivity contribution is -0.189. The molecule has 1 rings (SSSR count). The molecule has 1 heterocycles. The lowest BCUT2D eigenvalue weighted by Gasteiger charge is -2.30. The van der Waals surface area contributed by atoms with Crippen LogP contribution in [0.1, 0.15) is 12.8 Å². The predicted molar refractivity (Wildman–Crippen MR) is 37.8 cm³/mol. The third kappa shape index (κ3) is 2.41. The maximum absolute atomic E-state index is 9.07. The zero-order valence-electron chi connectivity index (χ0n) is 6.31. The molecule has 0 aromatic heterocycles. The summed E-state index contributed by atoms with van der Waals surface area (Å²) in [4.78, 5) is 0. The van der Waals surface area contributed by atoms with E-state index in [1.165, 1.54) is 0 Å². The molecule has 0 bridgehead atoms. The van der Waals surface area contributed by atoms with Crippen LogP contribution in [0.2, 0.25) is 0 Å². The van der Waals surface area contributed by atoms with Gasteiger partial charge in [-0.15, -0.1) is 0 Å². The van der Waals surface area contributed by atoms with Gasteiger partial charge in [0.25, 0.3) is 0 Å². The van der Waals surface area contributed by atoms with E-state index in [-0.39, 0.29) is 25.2 Å². The summed E-state index contributed by atoms with van der Waals surface area (Å²) >= 11 is 0. The second-order valence-corrected chi connectivity index (χ2v) is 2.92. The van der Waals surface area contributed by atoms with Crippen molar-refractivity contribution in [2.24, 2.45) is 5.92 Å². The van der Waals surface area contributed by atoms with Gasteiger partial charge in [0.1, 0.15) is 0 Å². The van der Waals surface area contributed by atoms with Crippen molar-refractivity contribution in [3.05, 3.63) is 0 Å². The molecule has 4 heteroatoms. The van der Waals surface area contributed by atoms with E-state index in [4.69, 9.17) is 20.1 Å². The molecule has 0 aromatic rings. The molecule has 0 aliphatic carbocycles. The van der Waals surface area contributed by atoms with Crippen molar-refractivity contribution in [2.75, 3.05) is 13.2 Å². The van der Waals surface area contributed by atoms with Gasteiger partial charge in [-0.05, 0) is 12.3 Å². The van der Waals surface area contributed by atoms with Crippen LogP contribution in [0, 0.1) is 5.92 Å². The van der Waals surface area contributed by atoms with Crippen LogP contribution in [-0.2, 0) is 4.74 Å². The van der Waals surface area contributed by atoms with Crippen LogP contribution in [0.5, 0.6) is 0 Å². The molecule has 0 radical (unpaired) electrons. The Balaban J connectivity index is 2.37. The van der Waals surface area contributed by atoms with E-state index in [1.807, 2.05) is 0 Å². The molecule has 0 spiro atoms. The van der Waals surface area contributed by atoms with Crippen LogP contribution in [0.15, 0.2) is 0 Å². The topological polar surface area (TPSA) is 69.9 Å². The van der Waals surface area contributed by atoms with Gasteiger partial charge in [0.05, 0.1) is 12.7 Å². The highest BCUT2D eigenvalue weighted by Crippen LogP contribution is 2.22. The molecule has 0 unspecified atom stereocenters.